The van der Waals surface area contributed by atoms with E-state index in [1.165, 1.54) is 11.8 Å². The van der Waals surface area contributed by atoms with Crippen LogP contribution in [0.15, 0.2) is 41.3 Å². The standard InChI is InChI=1S/C13H13ClN4OS/c14-8-4-5-10(15)12(6-8)20-7-9-2-1-3-11(17-9)13(19)18-16/h1-6H,7,15-16H2,(H,18,19). The van der Waals surface area contributed by atoms with Gasteiger partial charge in [-0.15, -0.1) is 11.8 Å². The number of thioether (sulfide) groups is 1. The molecule has 0 fully saturated rings. The van der Waals surface area contributed by atoms with Crippen LogP contribution in [0.25, 0.3) is 0 Å². The van der Waals surface area contributed by atoms with Gasteiger partial charge in [-0.3, -0.25) is 10.2 Å². The quantitative estimate of drug-likeness (QED) is 0.265. The number of nitrogens with two attached hydrogens (primary N) is 2. The van der Waals surface area contributed by atoms with Crippen molar-refractivity contribution in [2.24, 2.45) is 5.84 Å². The zero-order valence-electron chi connectivity index (χ0n) is 10.5. The second kappa shape index (κ2) is 6.60. The molecule has 104 valence electrons. The van der Waals surface area contributed by atoms with Gasteiger partial charge in [0.1, 0.15) is 5.69 Å². The maximum absolute atomic E-state index is 11.4. The van der Waals surface area contributed by atoms with Crippen molar-refractivity contribution in [3.8, 4) is 0 Å². The van der Waals surface area contributed by atoms with Crippen LogP contribution in [0.3, 0.4) is 0 Å². The first-order valence-electron chi connectivity index (χ1n) is 5.75. The molecular formula is C13H13ClN4OS. The summed E-state index contributed by atoms with van der Waals surface area (Å²) < 4.78 is 0. The SMILES string of the molecule is NNC(=O)c1cccc(CSc2cc(Cl)ccc2N)n1. The van der Waals surface area contributed by atoms with E-state index in [2.05, 4.69) is 10.4 Å². The lowest BCUT2D eigenvalue weighted by Crippen LogP contribution is -2.30. The molecule has 20 heavy (non-hydrogen) atoms. The van der Waals surface area contributed by atoms with Crippen molar-refractivity contribution in [2.75, 3.05) is 5.73 Å². The highest BCUT2D eigenvalue weighted by molar-refractivity contribution is 7.98. The Balaban J connectivity index is 2.11. The smallest absolute Gasteiger partial charge is 0.283 e. The van der Waals surface area contributed by atoms with Gasteiger partial charge in [0.25, 0.3) is 5.91 Å². The Labute approximate surface area is 125 Å². The predicted molar refractivity (Wildman–Crippen MR) is 81.3 cm³/mol. The fourth-order valence-corrected chi connectivity index (χ4v) is 2.69. The summed E-state index contributed by atoms with van der Waals surface area (Å²) in [6, 6.07) is 10.5. The van der Waals surface area contributed by atoms with Crippen molar-refractivity contribution < 1.29 is 4.79 Å². The van der Waals surface area contributed by atoms with Crippen LogP contribution in [0.2, 0.25) is 5.02 Å². The zero-order valence-corrected chi connectivity index (χ0v) is 12.0. The number of hydrogen-bond acceptors (Lipinski definition) is 5. The van der Waals surface area contributed by atoms with Crippen LogP contribution in [-0.4, -0.2) is 10.9 Å². The summed E-state index contributed by atoms with van der Waals surface area (Å²) in [6.07, 6.45) is 0. The molecular weight excluding hydrogens is 296 g/mol. The second-order valence-corrected chi connectivity index (χ2v) is 5.41. The molecule has 0 unspecified atom stereocenters. The van der Waals surface area contributed by atoms with Gasteiger partial charge in [-0.05, 0) is 30.3 Å². The van der Waals surface area contributed by atoms with E-state index in [0.29, 0.717) is 16.5 Å². The highest BCUT2D eigenvalue weighted by atomic mass is 35.5. The van der Waals surface area contributed by atoms with Crippen molar-refractivity contribution in [3.63, 3.8) is 0 Å². The molecule has 0 saturated heterocycles. The van der Waals surface area contributed by atoms with E-state index in [-0.39, 0.29) is 5.69 Å². The average molecular weight is 309 g/mol. The number of nitrogens with zero attached hydrogens (tertiary/aromatic N) is 1. The van der Waals surface area contributed by atoms with Crippen LogP contribution in [0, 0.1) is 0 Å². The number of carbonyl (C=O) groups is 1. The van der Waals surface area contributed by atoms with Gasteiger partial charge in [0, 0.05) is 21.4 Å². The number of nitrogens with one attached hydrogen (secondary N) is 1. The number of hydrazine groups is 1. The number of anilines is 1. The lowest BCUT2D eigenvalue weighted by Gasteiger charge is -2.06. The van der Waals surface area contributed by atoms with Crippen LogP contribution in [0.4, 0.5) is 5.69 Å². The highest BCUT2D eigenvalue weighted by Crippen LogP contribution is 2.30. The number of amides is 1. The van der Waals surface area contributed by atoms with Gasteiger partial charge < -0.3 is 5.73 Å². The average Bonchev–Trinajstić information content (AvgIpc) is 2.47. The van der Waals surface area contributed by atoms with Crippen LogP contribution < -0.4 is 17.0 Å². The predicted octanol–water partition coefficient (Wildman–Crippen LogP) is 2.21. The summed E-state index contributed by atoms with van der Waals surface area (Å²) in [7, 11) is 0. The molecule has 2 aromatic rings. The summed E-state index contributed by atoms with van der Waals surface area (Å²) in [5.74, 6) is 5.24. The summed E-state index contributed by atoms with van der Waals surface area (Å²) in [5.41, 5.74) is 9.63. The van der Waals surface area contributed by atoms with Crippen LogP contribution >= 0.6 is 23.4 Å². The van der Waals surface area contributed by atoms with E-state index in [0.717, 1.165) is 10.6 Å². The number of nitrogen functional groups attached to an aromatic ring is 2. The van der Waals surface area contributed by atoms with Crippen molar-refractivity contribution in [3.05, 3.63) is 52.8 Å². The van der Waals surface area contributed by atoms with Gasteiger partial charge in [0.2, 0.25) is 0 Å². The third kappa shape index (κ3) is 3.63. The fourth-order valence-electron chi connectivity index (χ4n) is 1.55. The first kappa shape index (κ1) is 14.6. The lowest BCUT2D eigenvalue weighted by atomic mass is 10.3. The summed E-state index contributed by atoms with van der Waals surface area (Å²) in [5, 5.41) is 0.630. The number of benzene rings is 1. The largest absolute Gasteiger partial charge is 0.398 e. The topological polar surface area (TPSA) is 94.0 Å². The van der Waals surface area contributed by atoms with E-state index < -0.39 is 5.91 Å². The monoisotopic (exact) mass is 308 g/mol. The first-order valence-corrected chi connectivity index (χ1v) is 7.11. The summed E-state index contributed by atoms with van der Waals surface area (Å²) in [6.45, 7) is 0. The molecule has 1 amide bonds. The Kier molecular flexibility index (Phi) is 4.84. The minimum Gasteiger partial charge on any atom is -0.398 e. The zero-order chi connectivity index (χ0) is 14.5. The van der Waals surface area contributed by atoms with Crippen molar-refractivity contribution in [1.29, 1.82) is 0 Å². The normalized spacial score (nSPS) is 10.3. The second-order valence-electron chi connectivity index (χ2n) is 3.96. The minimum atomic E-state index is -0.417. The molecule has 1 aromatic heterocycles. The molecule has 0 radical (unpaired) electrons. The molecule has 5 N–H and O–H groups in total. The van der Waals surface area contributed by atoms with E-state index in [1.54, 1.807) is 30.3 Å². The maximum Gasteiger partial charge on any atom is 0.283 e. The van der Waals surface area contributed by atoms with Crippen LogP contribution in [-0.2, 0) is 5.75 Å². The van der Waals surface area contributed by atoms with Gasteiger partial charge in [-0.1, -0.05) is 17.7 Å². The third-order valence-electron chi connectivity index (χ3n) is 2.52. The lowest BCUT2D eigenvalue weighted by molar-refractivity contribution is 0.0948. The van der Waals surface area contributed by atoms with E-state index in [1.807, 2.05) is 6.07 Å². The van der Waals surface area contributed by atoms with E-state index in [9.17, 15) is 4.79 Å². The Morgan fingerprint density at radius 2 is 2.15 bits per heavy atom. The molecule has 2 rings (SSSR count). The van der Waals surface area contributed by atoms with Gasteiger partial charge in [0.05, 0.1) is 5.69 Å². The third-order valence-corrected chi connectivity index (χ3v) is 3.86. The van der Waals surface area contributed by atoms with E-state index in [4.69, 9.17) is 23.2 Å². The van der Waals surface area contributed by atoms with Crippen molar-refractivity contribution in [1.82, 2.24) is 10.4 Å². The van der Waals surface area contributed by atoms with Gasteiger partial charge in [-0.25, -0.2) is 10.8 Å². The Bertz CT molecular complexity index is 636. The highest BCUT2D eigenvalue weighted by Gasteiger charge is 2.07. The Morgan fingerprint density at radius 1 is 1.35 bits per heavy atom. The van der Waals surface area contributed by atoms with Crippen molar-refractivity contribution >= 4 is 35.0 Å². The minimum absolute atomic E-state index is 0.282. The molecule has 1 aromatic carbocycles. The summed E-state index contributed by atoms with van der Waals surface area (Å²) >= 11 is 7.44. The number of carbonyl (C=O) groups excluding carboxylic acids is 1. The van der Waals surface area contributed by atoms with Gasteiger partial charge >= 0.3 is 0 Å². The molecule has 0 aliphatic rings. The molecule has 0 aliphatic carbocycles. The molecule has 0 aliphatic heterocycles. The van der Waals surface area contributed by atoms with Crippen LogP contribution in [0.1, 0.15) is 16.2 Å². The number of aromatic nitrogens is 1. The van der Waals surface area contributed by atoms with Gasteiger partial charge in [0.15, 0.2) is 0 Å². The number of halogens is 1. The van der Waals surface area contributed by atoms with Crippen molar-refractivity contribution in [2.45, 2.75) is 10.6 Å². The molecule has 0 saturated carbocycles. The first-order chi connectivity index (χ1) is 9.60. The maximum atomic E-state index is 11.4. The summed E-state index contributed by atoms with van der Waals surface area (Å²) in [4.78, 5) is 16.5. The molecule has 5 nitrogen and oxygen atoms in total. The molecule has 7 heteroatoms. The van der Waals surface area contributed by atoms with Crippen LogP contribution in [0.5, 0.6) is 0 Å². The molecule has 1 heterocycles. The number of rotatable bonds is 4. The molecule has 0 bridgehead atoms. The Morgan fingerprint density at radius 3 is 2.90 bits per heavy atom. The number of hydrogen-bond donors (Lipinski definition) is 3. The number of pyridine rings is 1. The fraction of sp³-hybridized carbons (Fsp3) is 0.0769. The van der Waals surface area contributed by atoms with E-state index >= 15 is 0 Å². The molecule has 0 spiro atoms. The Hall–Kier alpha value is -1.76. The molecule has 0 atom stereocenters. The van der Waals surface area contributed by atoms with Gasteiger partial charge in [-0.2, -0.15) is 0 Å².